The fourth-order valence-electron chi connectivity index (χ4n) is 3.81. The lowest BCUT2D eigenvalue weighted by atomic mass is 10.1. The molecule has 0 radical (unpaired) electrons. The zero-order chi connectivity index (χ0) is 21.6. The lowest BCUT2D eigenvalue weighted by molar-refractivity contribution is 0.0954. The van der Waals surface area contributed by atoms with E-state index in [1.165, 1.54) is 0 Å². The number of amides is 1. The van der Waals surface area contributed by atoms with E-state index in [0.717, 1.165) is 33.7 Å². The van der Waals surface area contributed by atoms with Crippen LogP contribution in [0.2, 0.25) is 0 Å². The van der Waals surface area contributed by atoms with Crippen molar-refractivity contribution in [3.05, 3.63) is 95.3 Å². The minimum Gasteiger partial charge on any atom is -0.491 e. The zero-order valence-electron chi connectivity index (χ0n) is 18.0. The van der Waals surface area contributed by atoms with E-state index in [2.05, 4.69) is 41.9 Å². The van der Waals surface area contributed by atoms with Gasteiger partial charge in [0, 0.05) is 18.5 Å². The van der Waals surface area contributed by atoms with Crippen molar-refractivity contribution in [1.82, 2.24) is 14.9 Å². The van der Waals surface area contributed by atoms with Crippen LogP contribution in [0.1, 0.15) is 27.3 Å². The van der Waals surface area contributed by atoms with Crippen molar-refractivity contribution in [1.29, 1.82) is 0 Å². The third kappa shape index (κ3) is 4.77. The van der Waals surface area contributed by atoms with Gasteiger partial charge in [0.2, 0.25) is 0 Å². The maximum absolute atomic E-state index is 12.3. The molecule has 0 aliphatic carbocycles. The van der Waals surface area contributed by atoms with Crippen LogP contribution in [0, 0.1) is 13.8 Å². The van der Waals surface area contributed by atoms with Crippen LogP contribution >= 0.6 is 0 Å². The first-order chi connectivity index (χ1) is 15.1. The number of rotatable bonds is 8. The second kappa shape index (κ2) is 9.47. The minimum absolute atomic E-state index is 0.0679. The first kappa shape index (κ1) is 20.7. The summed E-state index contributed by atoms with van der Waals surface area (Å²) in [6.07, 6.45) is 0.649. The lowest BCUT2D eigenvalue weighted by Gasteiger charge is -2.14. The molecule has 0 fully saturated rings. The Hall–Kier alpha value is -3.60. The molecule has 1 heterocycles. The number of aryl methyl sites for hydroxylation is 2. The second-order valence-corrected chi connectivity index (χ2v) is 7.61. The van der Waals surface area contributed by atoms with Gasteiger partial charge in [0.05, 0.1) is 17.6 Å². The van der Waals surface area contributed by atoms with Crippen molar-refractivity contribution in [3.63, 3.8) is 0 Å². The molecule has 0 aliphatic heterocycles. The number of benzene rings is 3. The highest BCUT2D eigenvalue weighted by Crippen LogP contribution is 2.23. The quantitative estimate of drug-likeness (QED) is 0.455. The Balaban J connectivity index is 1.45. The van der Waals surface area contributed by atoms with Crippen molar-refractivity contribution in [2.45, 2.75) is 26.8 Å². The van der Waals surface area contributed by atoms with Gasteiger partial charge >= 0.3 is 0 Å². The van der Waals surface area contributed by atoms with Gasteiger partial charge in [0.1, 0.15) is 18.2 Å². The molecule has 0 aliphatic rings. The van der Waals surface area contributed by atoms with Crippen LogP contribution in [0.15, 0.2) is 72.8 Å². The molecule has 4 rings (SSSR count). The van der Waals surface area contributed by atoms with Crippen molar-refractivity contribution in [3.8, 4) is 5.75 Å². The molecular formula is C26H27N3O2. The Morgan fingerprint density at radius 3 is 2.42 bits per heavy atom. The highest BCUT2D eigenvalue weighted by molar-refractivity contribution is 5.94. The molecule has 31 heavy (non-hydrogen) atoms. The number of nitrogens with one attached hydrogen (secondary N) is 1. The summed E-state index contributed by atoms with van der Waals surface area (Å²) in [6, 6.07) is 23.5. The number of carbonyl (C=O) groups is 1. The smallest absolute Gasteiger partial charge is 0.251 e. The van der Waals surface area contributed by atoms with Crippen LogP contribution in [0.5, 0.6) is 5.75 Å². The fourth-order valence-corrected chi connectivity index (χ4v) is 3.81. The molecule has 1 amide bonds. The molecule has 5 nitrogen and oxygen atoms in total. The van der Waals surface area contributed by atoms with E-state index in [-0.39, 0.29) is 5.91 Å². The van der Waals surface area contributed by atoms with Gasteiger partial charge < -0.3 is 14.6 Å². The standard InChI is InChI=1S/C26H27N3O2/c1-19-9-8-10-20(2)25(19)31-18-17-29-23-14-7-6-13-22(23)28-24(29)15-16-27-26(30)21-11-4-3-5-12-21/h3-14H,15-18H2,1-2H3,(H,27,30). The molecule has 0 unspecified atom stereocenters. The minimum atomic E-state index is -0.0679. The number of aromatic nitrogens is 2. The monoisotopic (exact) mass is 413 g/mol. The molecule has 158 valence electrons. The molecule has 4 aromatic rings. The molecule has 5 heteroatoms. The van der Waals surface area contributed by atoms with Crippen molar-refractivity contribution < 1.29 is 9.53 Å². The van der Waals surface area contributed by atoms with E-state index < -0.39 is 0 Å². The van der Waals surface area contributed by atoms with E-state index in [9.17, 15) is 4.79 Å². The predicted octanol–water partition coefficient (Wildman–Crippen LogP) is 4.70. The van der Waals surface area contributed by atoms with Crippen LogP contribution in [0.25, 0.3) is 11.0 Å². The number of hydrogen-bond donors (Lipinski definition) is 1. The summed E-state index contributed by atoms with van der Waals surface area (Å²) in [4.78, 5) is 17.1. The number of ether oxygens (including phenoxy) is 1. The van der Waals surface area contributed by atoms with E-state index in [1.54, 1.807) is 0 Å². The van der Waals surface area contributed by atoms with Crippen molar-refractivity contribution in [2.24, 2.45) is 0 Å². The summed E-state index contributed by atoms with van der Waals surface area (Å²) in [7, 11) is 0. The summed E-state index contributed by atoms with van der Waals surface area (Å²) in [5, 5.41) is 2.99. The molecular weight excluding hydrogens is 386 g/mol. The van der Waals surface area contributed by atoms with Crippen LogP contribution in [-0.2, 0) is 13.0 Å². The molecule has 0 bridgehead atoms. The second-order valence-electron chi connectivity index (χ2n) is 7.61. The Morgan fingerprint density at radius 1 is 0.935 bits per heavy atom. The molecule has 1 N–H and O–H groups in total. The summed E-state index contributed by atoms with van der Waals surface area (Å²) >= 11 is 0. The molecule has 3 aromatic carbocycles. The molecule has 1 aromatic heterocycles. The van der Waals surface area contributed by atoms with Gasteiger partial charge in [0.15, 0.2) is 0 Å². The summed E-state index contributed by atoms with van der Waals surface area (Å²) in [5.74, 6) is 1.82. The van der Waals surface area contributed by atoms with Crippen molar-refractivity contribution >= 4 is 16.9 Å². The topological polar surface area (TPSA) is 56.1 Å². The van der Waals surface area contributed by atoms with E-state index in [0.29, 0.717) is 31.7 Å². The van der Waals surface area contributed by atoms with E-state index >= 15 is 0 Å². The third-order valence-electron chi connectivity index (χ3n) is 5.37. The molecule has 0 atom stereocenters. The van der Waals surface area contributed by atoms with Gasteiger partial charge in [-0.1, -0.05) is 48.5 Å². The Morgan fingerprint density at radius 2 is 1.65 bits per heavy atom. The average Bonchev–Trinajstić information content (AvgIpc) is 3.13. The zero-order valence-corrected chi connectivity index (χ0v) is 18.0. The summed E-state index contributed by atoms with van der Waals surface area (Å²) in [5.41, 5.74) is 4.98. The highest BCUT2D eigenvalue weighted by Gasteiger charge is 2.12. The summed E-state index contributed by atoms with van der Waals surface area (Å²) < 4.78 is 8.32. The Kier molecular flexibility index (Phi) is 6.32. The average molecular weight is 414 g/mol. The van der Waals surface area contributed by atoms with Gasteiger partial charge in [-0.25, -0.2) is 4.98 Å². The van der Waals surface area contributed by atoms with Crippen LogP contribution < -0.4 is 10.1 Å². The largest absolute Gasteiger partial charge is 0.491 e. The van der Waals surface area contributed by atoms with Gasteiger partial charge in [-0.05, 0) is 49.2 Å². The highest BCUT2D eigenvalue weighted by atomic mass is 16.5. The maximum Gasteiger partial charge on any atom is 0.251 e. The predicted molar refractivity (Wildman–Crippen MR) is 124 cm³/mol. The third-order valence-corrected chi connectivity index (χ3v) is 5.37. The molecule has 0 saturated carbocycles. The number of nitrogens with zero attached hydrogens (tertiary/aromatic N) is 2. The summed E-state index contributed by atoms with van der Waals surface area (Å²) in [6.45, 7) is 5.89. The number of imidazole rings is 1. The Labute approximate surface area is 182 Å². The number of hydrogen-bond acceptors (Lipinski definition) is 3. The first-order valence-electron chi connectivity index (χ1n) is 10.6. The number of carbonyl (C=O) groups excluding carboxylic acids is 1. The van der Waals surface area contributed by atoms with Gasteiger partial charge in [-0.15, -0.1) is 0 Å². The molecule has 0 saturated heterocycles. The number of para-hydroxylation sites is 3. The van der Waals surface area contributed by atoms with Gasteiger partial charge in [-0.3, -0.25) is 4.79 Å². The lowest BCUT2D eigenvalue weighted by Crippen LogP contribution is -2.26. The fraction of sp³-hybridized carbons (Fsp3) is 0.231. The Bertz CT molecular complexity index is 1160. The number of fused-ring (bicyclic) bond motifs is 1. The van der Waals surface area contributed by atoms with E-state index in [1.807, 2.05) is 54.6 Å². The van der Waals surface area contributed by atoms with Crippen LogP contribution in [0.3, 0.4) is 0 Å². The first-order valence-corrected chi connectivity index (χ1v) is 10.6. The van der Waals surface area contributed by atoms with Crippen LogP contribution in [0.4, 0.5) is 0 Å². The van der Waals surface area contributed by atoms with Gasteiger partial charge in [0.25, 0.3) is 5.91 Å². The van der Waals surface area contributed by atoms with Gasteiger partial charge in [-0.2, -0.15) is 0 Å². The SMILES string of the molecule is Cc1cccc(C)c1OCCn1c(CCNC(=O)c2ccccc2)nc2ccccc21. The normalized spacial score (nSPS) is 10.9. The molecule has 0 spiro atoms. The van der Waals surface area contributed by atoms with Crippen LogP contribution in [-0.4, -0.2) is 28.6 Å². The maximum atomic E-state index is 12.3. The van der Waals surface area contributed by atoms with E-state index in [4.69, 9.17) is 9.72 Å². The van der Waals surface area contributed by atoms with Crippen molar-refractivity contribution in [2.75, 3.05) is 13.2 Å².